The van der Waals surface area contributed by atoms with Crippen molar-refractivity contribution in [2.24, 2.45) is 0 Å². The van der Waals surface area contributed by atoms with E-state index in [2.05, 4.69) is 20.3 Å². The summed E-state index contributed by atoms with van der Waals surface area (Å²) in [6.07, 6.45) is 2.87. The third-order valence-electron chi connectivity index (χ3n) is 3.84. The van der Waals surface area contributed by atoms with Gasteiger partial charge < -0.3 is 10.5 Å². The number of nitrogens with two attached hydrogens (primary N) is 1. The fourth-order valence-electron chi connectivity index (χ4n) is 2.51. The second-order valence-electron chi connectivity index (χ2n) is 5.32. The molecule has 1 aliphatic heterocycles. The minimum absolute atomic E-state index is 0.210. The first kappa shape index (κ1) is 13.6. The molecule has 4 rings (SSSR count). The van der Waals surface area contributed by atoms with Crippen molar-refractivity contribution in [1.82, 2.24) is 24.8 Å². The molecule has 1 unspecified atom stereocenters. The smallest absolute Gasteiger partial charge is 0.349 e. The van der Waals surface area contributed by atoms with Gasteiger partial charge in [0.15, 0.2) is 11.5 Å². The topological polar surface area (TPSA) is 118 Å². The highest BCUT2D eigenvalue weighted by atomic mass is 16.5. The highest BCUT2D eigenvalue weighted by Gasteiger charge is 2.54. The SMILES string of the molecule is Nc1ncnc2ncn(C3(C(=O)OCc4ccccc4)CN3)c12. The molecule has 0 spiro atoms. The van der Waals surface area contributed by atoms with Crippen LogP contribution in [0.5, 0.6) is 0 Å². The van der Waals surface area contributed by atoms with Crippen LogP contribution in [-0.2, 0) is 21.8 Å². The van der Waals surface area contributed by atoms with Crippen molar-refractivity contribution in [3.63, 3.8) is 0 Å². The summed E-state index contributed by atoms with van der Waals surface area (Å²) in [5.74, 6) is -0.111. The molecule has 23 heavy (non-hydrogen) atoms. The first-order valence-corrected chi connectivity index (χ1v) is 7.11. The summed E-state index contributed by atoms with van der Waals surface area (Å²) < 4.78 is 7.08. The van der Waals surface area contributed by atoms with Crippen molar-refractivity contribution in [2.75, 3.05) is 12.3 Å². The van der Waals surface area contributed by atoms with Crippen LogP contribution in [0.25, 0.3) is 11.2 Å². The Labute approximate surface area is 131 Å². The van der Waals surface area contributed by atoms with Gasteiger partial charge in [0.2, 0.25) is 5.66 Å². The largest absolute Gasteiger partial charge is 0.458 e. The number of rotatable bonds is 4. The second kappa shape index (κ2) is 5.03. The first-order valence-electron chi connectivity index (χ1n) is 7.11. The maximum Gasteiger partial charge on any atom is 0.349 e. The highest BCUT2D eigenvalue weighted by Crippen LogP contribution is 2.31. The Balaban J connectivity index is 1.61. The van der Waals surface area contributed by atoms with E-state index in [0.29, 0.717) is 17.7 Å². The van der Waals surface area contributed by atoms with Gasteiger partial charge in [0, 0.05) is 6.54 Å². The lowest BCUT2D eigenvalue weighted by molar-refractivity contribution is -0.150. The summed E-state index contributed by atoms with van der Waals surface area (Å²) in [7, 11) is 0. The number of anilines is 1. The molecule has 1 aromatic carbocycles. The zero-order valence-corrected chi connectivity index (χ0v) is 12.1. The van der Waals surface area contributed by atoms with E-state index in [9.17, 15) is 4.79 Å². The molecule has 0 radical (unpaired) electrons. The van der Waals surface area contributed by atoms with Crippen LogP contribution >= 0.6 is 0 Å². The number of nitrogens with one attached hydrogen (secondary N) is 1. The predicted molar refractivity (Wildman–Crippen MR) is 82.0 cm³/mol. The maximum absolute atomic E-state index is 12.5. The van der Waals surface area contributed by atoms with E-state index >= 15 is 0 Å². The molecule has 0 bridgehead atoms. The van der Waals surface area contributed by atoms with E-state index in [1.807, 2.05) is 30.3 Å². The van der Waals surface area contributed by atoms with Gasteiger partial charge in [-0.25, -0.2) is 19.7 Å². The van der Waals surface area contributed by atoms with Crippen molar-refractivity contribution in [1.29, 1.82) is 0 Å². The van der Waals surface area contributed by atoms with Crippen LogP contribution in [0.2, 0.25) is 0 Å². The summed E-state index contributed by atoms with van der Waals surface area (Å²) >= 11 is 0. The Morgan fingerprint density at radius 2 is 2.09 bits per heavy atom. The van der Waals surface area contributed by atoms with Gasteiger partial charge in [-0.2, -0.15) is 0 Å². The number of carbonyl (C=O) groups is 1. The van der Waals surface area contributed by atoms with Gasteiger partial charge in [0.05, 0.1) is 6.33 Å². The molecule has 1 aliphatic rings. The van der Waals surface area contributed by atoms with E-state index in [0.717, 1.165) is 5.56 Å². The molecule has 1 saturated heterocycles. The predicted octanol–water partition coefficient (Wildman–Crippen LogP) is 0.408. The minimum Gasteiger partial charge on any atom is -0.458 e. The number of esters is 1. The molecule has 3 aromatic rings. The van der Waals surface area contributed by atoms with E-state index in [4.69, 9.17) is 10.5 Å². The number of benzene rings is 1. The Kier molecular flexibility index (Phi) is 2.98. The van der Waals surface area contributed by atoms with Gasteiger partial charge >= 0.3 is 5.97 Å². The monoisotopic (exact) mass is 310 g/mol. The molecule has 2 aromatic heterocycles. The van der Waals surface area contributed by atoms with Crippen LogP contribution in [0.15, 0.2) is 43.0 Å². The van der Waals surface area contributed by atoms with Gasteiger partial charge in [-0.15, -0.1) is 0 Å². The third-order valence-corrected chi connectivity index (χ3v) is 3.84. The van der Waals surface area contributed by atoms with Crippen LogP contribution in [0.1, 0.15) is 5.56 Å². The lowest BCUT2D eigenvalue weighted by Gasteiger charge is -2.16. The highest BCUT2D eigenvalue weighted by molar-refractivity contribution is 5.88. The number of nitrogens with zero attached hydrogens (tertiary/aromatic N) is 4. The van der Waals surface area contributed by atoms with Crippen molar-refractivity contribution in [3.05, 3.63) is 48.5 Å². The number of ether oxygens (including phenoxy) is 1. The van der Waals surface area contributed by atoms with Crippen molar-refractivity contribution in [2.45, 2.75) is 12.3 Å². The summed E-state index contributed by atoms with van der Waals surface area (Å²) in [6.45, 7) is 0.655. The minimum atomic E-state index is -0.984. The second-order valence-corrected chi connectivity index (χ2v) is 5.32. The number of nitrogen functional groups attached to an aromatic ring is 1. The van der Waals surface area contributed by atoms with Gasteiger partial charge in [0.1, 0.15) is 18.5 Å². The maximum atomic E-state index is 12.5. The number of aromatic nitrogens is 4. The molecule has 0 saturated carbocycles. The van der Waals surface area contributed by atoms with Crippen LogP contribution in [0, 0.1) is 0 Å². The summed E-state index contributed by atoms with van der Waals surface area (Å²) in [5.41, 5.74) is 6.81. The van der Waals surface area contributed by atoms with Gasteiger partial charge in [-0.3, -0.25) is 9.88 Å². The standard InChI is InChI=1S/C15H14N6O2/c16-12-11-13(18-8-17-12)19-9-21(11)15(7-20-15)14(22)23-6-10-4-2-1-3-5-10/h1-5,8-9,20H,6-7H2,(H2,16,17,18). The Bertz CT molecular complexity index is 872. The molecule has 3 N–H and O–H groups in total. The van der Waals surface area contributed by atoms with E-state index in [1.54, 1.807) is 4.57 Å². The molecule has 1 atom stereocenters. The van der Waals surface area contributed by atoms with Crippen LogP contribution < -0.4 is 11.1 Å². The molecule has 116 valence electrons. The fourth-order valence-corrected chi connectivity index (χ4v) is 2.51. The quantitative estimate of drug-likeness (QED) is 0.529. The van der Waals surface area contributed by atoms with E-state index in [-0.39, 0.29) is 18.4 Å². The summed E-state index contributed by atoms with van der Waals surface area (Å²) in [6, 6.07) is 9.51. The molecular weight excluding hydrogens is 296 g/mol. The van der Waals surface area contributed by atoms with Crippen molar-refractivity contribution < 1.29 is 9.53 Å². The Morgan fingerprint density at radius 1 is 1.30 bits per heavy atom. The van der Waals surface area contributed by atoms with Crippen LogP contribution in [0.4, 0.5) is 5.82 Å². The van der Waals surface area contributed by atoms with Crippen molar-refractivity contribution >= 4 is 23.0 Å². The molecule has 0 aliphatic carbocycles. The molecular formula is C15H14N6O2. The number of imidazole rings is 1. The average molecular weight is 310 g/mol. The van der Waals surface area contributed by atoms with E-state index < -0.39 is 5.66 Å². The van der Waals surface area contributed by atoms with Crippen molar-refractivity contribution in [3.8, 4) is 0 Å². The zero-order chi connectivity index (χ0) is 15.9. The zero-order valence-electron chi connectivity index (χ0n) is 12.1. The lowest BCUT2D eigenvalue weighted by atomic mass is 10.2. The summed E-state index contributed by atoms with van der Waals surface area (Å²) in [5, 5.41) is 3.04. The summed E-state index contributed by atoms with van der Waals surface area (Å²) in [4.78, 5) is 24.7. The average Bonchev–Trinajstić information content (AvgIpc) is 3.27. The fraction of sp³-hybridized carbons (Fsp3) is 0.200. The number of hydrogen-bond acceptors (Lipinski definition) is 7. The van der Waals surface area contributed by atoms with Crippen LogP contribution in [-0.4, -0.2) is 32.0 Å². The molecule has 8 heteroatoms. The first-order chi connectivity index (χ1) is 11.2. The number of carbonyl (C=O) groups excluding carboxylic acids is 1. The van der Waals surface area contributed by atoms with Gasteiger partial charge in [-0.1, -0.05) is 30.3 Å². The normalized spacial score (nSPS) is 19.7. The van der Waals surface area contributed by atoms with E-state index in [1.165, 1.54) is 12.7 Å². The number of fused-ring (bicyclic) bond motifs is 1. The van der Waals surface area contributed by atoms with Gasteiger partial charge in [0.25, 0.3) is 0 Å². The Morgan fingerprint density at radius 3 is 2.83 bits per heavy atom. The lowest BCUT2D eigenvalue weighted by Crippen LogP contribution is -2.34. The number of hydrogen-bond donors (Lipinski definition) is 2. The van der Waals surface area contributed by atoms with Gasteiger partial charge in [-0.05, 0) is 5.56 Å². The van der Waals surface area contributed by atoms with Crippen LogP contribution in [0.3, 0.4) is 0 Å². The Hall–Kier alpha value is -3.00. The molecule has 3 heterocycles. The molecule has 0 amide bonds. The molecule has 1 fully saturated rings. The molecule has 8 nitrogen and oxygen atoms in total. The third kappa shape index (κ3) is 2.20.